The molecular formula is C18H20ClNO. The van der Waals surface area contributed by atoms with Gasteiger partial charge in [-0.15, -0.1) is 0 Å². The van der Waals surface area contributed by atoms with Gasteiger partial charge in [-0.05, 0) is 42.2 Å². The topological polar surface area (TPSA) is 21.3 Å². The van der Waals surface area contributed by atoms with Gasteiger partial charge in [0, 0.05) is 17.6 Å². The Kier molecular flexibility index (Phi) is 4.59. The van der Waals surface area contributed by atoms with Crippen molar-refractivity contribution in [3.8, 4) is 0 Å². The number of hydrogen-bond acceptors (Lipinski definition) is 2. The Bertz CT molecular complexity index is 596. The maximum Gasteiger partial charge on any atom is 0.0952 e. The first kappa shape index (κ1) is 14.6. The highest BCUT2D eigenvalue weighted by atomic mass is 35.5. The Morgan fingerprint density at radius 3 is 2.76 bits per heavy atom. The summed E-state index contributed by atoms with van der Waals surface area (Å²) in [7, 11) is 0. The van der Waals surface area contributed by atoms with Crippen LogP contribution in [0.25, 0.3) is 0 Å². The molecular weight excluding hydrogens is 282 g/mol. The van der Waals surface area contributed by atoms with Crippen LogP contribution in [-0.2, 0) is 11.2 Å². The zero-order valence-electron chi connectivity index (χ0n) is 12.2. The van der Waals surface area contributed by atoms with Crippen molar-refractivity contribution in [1.29, 1.82) is 0 Å². The standard InChI is InChI=1S/C18H20ClNO/c1-13(14-6-8-16(19)9-7-14)20-12-18-17-5-3-2-4-15(17)10-11-21-18/h2-9,13,18,20H,10-12H2,1H3/t13-,18?/m1/s1. The third-order valence-electron chi connectivity index (χ3n) is 4.07. The SMILES string of the molecule is C[C@@H](NCC1OCCc2ccccc21)c1ccc(Cl)cc1. The van der Waals surface area contributed by atoms with E-state index in [1.807, 2.05) is 12.1 Å². The molecule has 2 nitrogen and oxygen atoms in total. The highest BCUT2D eigenvalue weighted by molar-refractivity contribution is 6.30. The van der Waals surface area contributed by atoms with E-state index in [9.17, 15) is 0 Å². The molecule has 1 unspecified atom stereocenters. The van der Waals surface area contributed by atoms with Crippen LogP contribution < -0.4 is 5.32 Å². The summed E-state index contributed by atoms with van der Waals surface area (Å²) in [5.74, 6) is 0. The van der Waals surface area contributed by atoms with E-state index in [1.54, 1.807) is 0 Å². The molecule has 0 aliphatic carbocycles. The number of hydrogen-bond donors (Lipinski definition) is 1. The minimum Gasteiger partial charge on any atom is -0.372 e. The van der Waals surface area contributed by atoms with Crippen LogP contribution in [0.3, 0.4) is 0 Å². The molecule has 0 aromatic heterocycles. The lowest BCUT2D eigenvalue weighted by molar-refractivity contribution is 0.0410. The molecule has 2 aromatic rings. The van der Waals surface area contributed by atoms with Crippen LogP contribution in [0.5, 0.6) is 0 Å². The Balaban J connectivity index is 1.64. The summed E-state index contributed by atoms with van der Waals surface area (Å²) in [5, 5.41) is 4.33. The van der Waals surface area contributed by atoms with E-state index in [0.717, 1.165) is 24.6 Å². The lowest BCUT2D eigenvalue weighted by Gasteiger charge is -2.27. The fraction of sp³-hybridized carbons (Fsp3) is 0.333. The van der Waals surface area contributed by atoms with Gasteiger partial charge >= 0.3 is 0 Å². The van der Waals surface area contributed by atoms with Gasteiger partial charge in [-0.25, -0.2) is 0 Å². The number of nitrogens with one attached hydrogen (secondary N) is 1. The van der Waals surface area contributed by atoms with Crippen molar-refractivity contribution in [2.24, 2.45) is 0 Å². The van der Waals surface area contributed by atoms with Gasteiger partial charge in [0.2, 0.25) is 0 Å². The molecule has 110 valence electrons. The normalized spacial score (nSPS) is 19.0. The molecule has 3 heteroatoms. The van der Waals surface area contributed by atoms with Crippen molar-refractivity contribution in [1.82, 2.24) is 5.32 Å². The number of rotatable bonds is 4. The van der Waals surface area contributed by atoms with Gasteiger partial charge in [-0.2, -0.15) is 0 Å². The molecule has 0 saturated heterocycles. The molecule has 2 atom stereocenters. The summed E-state index contributed by atoms with van der Waals surface area (Å²) in [4.78, 5) is 0. The van der Waals surface area contributed by atoms with Crippen LogP contribution in [0.1, 0.15) is 35.8 Å². The third-order valence-corrected chi connectivity index (χ3v) is 4.32. The molecule has 21 heavy (non-hydrogen) atoms. The van der Waals surface area contributed by atoms with E-state index in [2.05, 4.69) is 48.6 Å². The molecule has 0 radical (unpaired) electrons. The van der Waals surface area contributed by atoms with Crippen molar-refractivity contribution >= 4 is 11.6 Å². The Hall–Kier alpha value is -1.35. The summed E-state index contributed by atoms with van der Waals surface area (Å²) in [6.07, 6.45) is 1.16. The molecule has 0 saturated carbocycles. The average molecular weight is 302 g/mol. The van der Waals surface area contributed by atoms with Crippen molar-refractivity contribution in [3.63, 3.8) is 0 Å². The number of fused-ring (bicyclic) bond motifs is 1. The molecule has 0 spiro atoms. The predicted octanol–water partition coefficient (Wildman–Crippen LogP) is 4.30. The summed E-state index contributed by atoms with van der Waals surface area (Å²) in [6.45, 7) is 3.79. The zero-order chi connectivity index (χ0) is 14.7. The van der Waals surface area contributed by atoms with Gasteiger partial charge < -0.3 is 10.1 Å². The smallest absolute Gasteiger partial charge is 0.0952 e. The second-order valence-electron chi connectivity index (χ2n) is 5.49. The molecule has 1 aliphatic heterocycles. The first-order valence-electron chi connectivity index (χ1n) is 7.42. The Morgan fingerprint density at radius 1 is 1.19 bits per heavy atom. The van der Waals surface area contributed by atoms with E-state index < -0.39 is 0 Å². The molecule has 1 N–H and O–H groups in total. The van der Waals surface area contributed by atoms with Gasteiger partial charge in [-0.1, -0.05) is 48.0 Å². The van der Waals surface area contributed by atoms with Crippen molar-refractivity contribution in [2.75, 3.05) is 13.2 Å². The van der Waals surface area contributed by atoms with Crippen LogP contribution in [0.15, 0.2) is 48.5 Å². The maximum atomic E-state index is 5.93. The van der Waals surface area contributed by atoms with Crippen molar-refractivity contribution < 1.29 is 4.74 Å². The average Bonchev–Trinajstić information content (AvgIpc) is 2.53. The number of halogens is 1. The van der Waals surface area contributed by atoms with Gasteiger partial charge in [0.05, 0.1) is 12.7 Å². The summed E-state index contributed by atoms with van der Waals surface area (Å²) >= 11 is 5.93. The van der Waals surface area contributed by atoms with Gasteiger partial charge in [-0.3, -0.25) is 0 Å². The summed E-state index contributed by atoms with van der Waals surface area (Å²) < 4.78 is 5.93. The third kappa shape index (κ3) is 3.46. The monoisotopic (exact) mass is 301 g/mol. The molecule has 2 aromatic carbocycles. The maximum absolute atomic E-state index is 5.93. The van der Waals surface area contributed by atoms with Crippen molar-refractivity contribution in [3.05, 3.63) is 70.2 Å². The molecule has 3 rings (SSSR count). The quantitative estimate of drug-likeness (QED) is 0.909. The van der Waals surface area contributed by atoms with Crippen LogP contribution in [0, 0.1) is 0 Å². The number of ether oxygens (including phenoxy) is 1. The highest BCUT2D eigenvalue weighted by Gasteiger charge is 2.20. The van der Waals surface area contributed by atoms with E-state index in [4.69, 9.17) is 16.3 Å². The van der Waals surface area contributed by atoms with E-state index in [1.165, 1.54) is 16.7 Å². The van der Waals surface area contributed by atoms with Gasteiger partial charge in [0.1, 0.15) is 0 Å². The van der Waals surface area contributed by atoms with Crippen LogP contribution in [0.4, 0.5) is 0 Å². The summed E-state index contributed by atoms with van der Waals surface area (Å²) in [6, 6.07) is 16.8. The Labute approximate surface area is 131 Å². The highest BCUT2D eigenvalue weighted by Crippen LogP contribution is 2.27. The van der Waals surface area contributed by atoms with Crippen molar-refractivity contribution in [2.45, 2.75) is 25.5 Å². The van der Waals surface area contributed by atoms with E-state index in [0.29, 0.717) is 0 Å². The summed E-state index contributed by atoms with van der Waals surface area (Å²) in [5.41, 5.74) is 3.97. The first-order chi connectivity index (χ1) is 10.2. The second-order valence-corrected chi connectivity index (χ2v) is 5.93. The second kappa shape index (κ2) is 6.61. The molecule has 1 heterocycles. The number of benzene rings is 2. The van der Waals surface area contributed by atoms with Crippen LogP contribution in [0.2, 0.25) is 5.02 Å². The predicted molar refractivity (Wildman–Crippen MR) is 86.7 cm³/mol. The molecule has 0 bridgehead atoms. The fourth-order valence-electron chi connectivity index (χ4n) is 2.80. The zero-order valence-corrected chi connectivity index (χ0v) is 12.9. The lowest BCUT2D eigenvalue weighted by Crippen LogP contribution is -2.29. The van der Waals surface area contributed by atoms with Gasteiger partial charge in [0.25, 0.3) is 0 Å². The fourth-order valence-corrected chi connectivity index (χ4v) is 2.92. The minimum absolute atomic E-state index is 0.143. The minimum atomic E-state index is 0.143. The van der Waals surface area contributed by atoms with Crippen LogP contribution >= 0.6 is 11.6 Å². The molecule has 1 aliphatic rings. The first-order valence-corrected chi connectivity index (χ1v) is 7.80. The lowest BCUT2D eigenvalue weighted by atomic mass is 9.97. The molecule has 0 amide bonds. The Morgan fingerprint density at radius 2 is 1.95 bits per heavy atom. The van der Waals surface area contributed by atoms with Gasteiger partial charge in [0.15, 0.2) is 0 Å². The molecule has 0 fully saturated rings. The van der Waals surface area contributed by atoms with Crippen LogP contribution in [-0.4, -0.2) is 13.2 Å². The largest absolute Gasteiger partial charge is 0.372 e. The van der Waals surface area contributed by atoms with E-state index in [-0.39, 0.29) is 12.1 Å². The van der Waals surface area contributed by atoms with E-state index >= 15 is 0 Å².